The van der Waals surface area contributed by atoms with Crippen molar-refractivity contribution < 1.29 is 45.6 Å². The molecule has 2 bridgehead atoms. The molecule has 0 N–H and O–H groups in total. The predicted molar refractivity (Wildman–Crippen MR) is 190 cm³/mol. The van der Waals surface area contributed by atoms with Crippen molar-refractivity contribution >= 4 is 88.0 Å². The van der Waals surface area contributed by atoms with E-state index >= 15 is 0 Å². The highest BCUT2D eigenvalue weighted by molar-refractivity contribution is 6.95. The molecule has 2 heterocycles. The van der Waals surface area contributed by atoms with Crippen molar-refractivity contribution in [3.63, 3.8) is 0 Å². The molecule has 2 saturated heterocycles. The first-order valence-electron chi connectivity index (χ1n) is 15.8. The lowest BCUT2D eigenvalue weighted by Gasteiger charge is -2.51. The second kappa shape index (κ2) is 15.5. The zero-order valence-electron chi connectivity index (χ0n) is 29.4. The van der Waals surface area contributed by atoms with E-state index in [9.17, 15) is 0 Å². The van der Waals surface area contributed by atoms with Crippen LogP contribution in [0.4, 0.5) is 0 Å². The zero-order chi connectivity index (χ0) is 33.0. The molecule has 3 radical (unpaired) electrons. The molecule has 2 rings (SSSR count). The molecule has 5 unspecified atom stereocenters. The Morgan fingerprint density at radius 2 is 1.07 bits per heavy atom. The first-order chi connectivity index (χ1) is 19.6. The van der Waals surface area contributed by atoms with Crippen molar-refractivity contribution in [3.05, 3.63) is 0 Å². The summed E-state index contributed by atoms with van der Waals surface area (Å²) in [6.07, 6.45) is 0.423. The molecule has 2 aliphatic rings. The smallest absolute Gasteiger partial charge is 0.435 e. The fourth-order valence-corrected chi connectivity index (χ4v) is 43.5. The van der Waals surface area contributed by atoms with Gasteiger partial charge in [-0.15, -0.1) is 0 Å². The summed E-state index contributed by atoms with van der Waals surface area (Å²) < 4.78 is 76.7. The van der Waals surface area contributed by atoms with Gasteiger partial charge in [-0.1, -0.05) is 41.5 Å². The molecule has 5 atom stereocenters. The summed E-state index contributed by atoms with van der Waals surface area (Å²) in [5, 5.41) is 0. The molecule has 0 aliphatic carbocycles. The van der Waals surface area contributed by atoms with Crippen molar-refractivity contribution in [3.8, 4) is 0 Å². The van der Waals surface area contributed by atoms with E-state index in [4.69, 9.17) is 45.6 Å². The first kappa shape index (κ1) is 40.9. The molecular formula is C22H59O11Si10. The normalized spacial score (nSPS) is 35.5. The molecule has 2 fully saturated rings. The monoisotopic (exact) mass is 779 g/mol. The van der Waals surface area contributed by atoms with Crippen LogP contribution in [-0.4, -0.2) is 94.3 Å². The van der Waals surface area contributed by atoms with Gasteiger partial charge in [-0.05, 0) is 65.0 Å². The van der Waals surface area contributed by atoms with Crippen molar-refractivity contribution in [1.82, 2.24) is 0 Å². The molecule has 0 aromatic carbocycles. The summed E-state index contributed by atoms with van der Waals surface area (Å²) in [5.41, 5.74) is 0. The van der Waals surface area contributed by atoms with Crippen molar-refractivity contribution in [2.45, 2.75) is 137 Å². The van der Waals surface area contributed by atoms with E-state index in [1.54, 1.807) is 0 Å². The van der Waals surface area contributed by atoms with Crippen LogP contribution in [0.15, 0.2) is 0 Å². The van der Waals surface area contributed by atoms with Gasteiger partial charge in [0.1, 0.15) is 0 Å². The predicted octanol–water partition coefficient (Wildman–Crippen LogP) is 6.58. The zero-order valence-corrected chi connectivity index (χ0v) is 39.4. The number of hydrogen-bond donors (Lipinski definition) is 0. The Kier molecular flexibility index (Phi) is 14.8. The van der Waals surface area contributed by atoms with Crippen LogP contribution < -0.4 is 0 Å². The van der Waals surface area contributed by atoms with Crippen LogP contribution in [0.3, 0.4) is 0 Å². The van der Waals surface area contributed by atoms with E-state index in [-0.39, 0.29) is 10.0 Å². The molecule has 2 aliphatic heterocycles. The molecule has 0 spiro atoms. The lowest BCUT2D eigenvalue weighted by molar-refractivity contribution is 0.0697. The highest BCUT2D eigenvalue weighted by Gasteiger charge is 2.69. The second-order valence-electron chi connectivity index (χ2n) is 13.8. The van der Waals surface area contributed by atoms with E-state index in [1.165, 1.54) is 0 Å². The summed E-state index contributed by atoms with van der Waals surface area (Å²) in [7, 11) is -25.4. The Bertz CT molecular complexity index is 894. The highest BCUT2D eigenvalue weighted by Crippen LogP contribution is 2.42. The van der Waals surface area contributed by atoms with Gasteiger partial charge in [-0.2, -0.15) is 0 Å². The summed E-state index contributed by atoms with van der Waals surface area (Å²) >= 11 is 0. The van der Waals surface area contributed by atoms with Gasteiger partial charge in [0.2, 0.25) is 9.04 Å². The topological polar surface area (TPSA) is 102 Å². The molecule has 21 heteroatoms. The summed E-state index contributed by atoms with van der Waals surface area (Å²) in [4.78, 5) is 0. The van der Waals surface area contributed by atoms with Gasteiger partial charge in [0.25, 0.3) is 0 Å². The van der Waals surface area contributed by atoms with E-state index in [2.05, 4.69) is 86.6 Å². The fraction of sp³-hybridized carbons (Fsp3) is 1.00. The van der Waals surface area contributed by atoms with Gasteiger partial charge >= 0.3 is 54.0 Å². The second-order valence-corrected chi connectivity index (χ2v) is 47.5. The van der Waals surface area contributed by atoms with Crippen LogP contribution in [0.2, 0.25) is 95.2 Å². The Morgan fingerprint density at radius 3 is 1.51 bits per heavy atom. The highest BCUT2D eigenvalue weighted by atomic mass is 28.6. The largest absolute Gasteiger partial charge is 0.482 e. The average molecular weight is 781 g/mol. The quantitative estimate of drug-likeness (QED) is 0.179. The SMILES string of the molecule is CC[Si]1CO[Si](CC)(O[Si](C)(C)C)O[Si]2(CC)O[Si](CC)(O1)O[Si](CC)(O[Si]O[Si](C)(C)C)O[Si](CC)(O[Si](C)(C)C)O2. The third-order valence-electron chi connectivity index (χ3n) is 6.34. The molecule has 0 aromatic heterocycles. The van der Waals surface area contributed by atoms with E-state index in [0.717, 1.165) is 6.04 Å². The molecule has 0 aromatic rings. The van der Waals surface area contributed by atoms with Crippen LogP contribution in [0.5, 0.6) is 0 Å². The van der Waals surface area contributed by atoms with Crippen LogP contribution in [0, 0.1) is 0 Å². The van der Waals surface area contributed by atoms with Gasteiger partial charge in [-0.3, -0.25) is 0 Å². The average Bonchev–Trinajstić information content (AvgIpc) is 2.92. The van der Waals surface area contributed by atoms with Crippen LogP contribution in [0.25, 0.3) is 0 Å². The standard InChI is InChI=1S/C22H59O11Si10/c1-16-35-22-23-39(17-2,27-37(10,11)12)29-43(21-6)32-41(19-4,26-35)30-40(18-3,25-34-24-36(7,8)9)31-42(20-5,33-43)28-38(13,14)15/h16-22H2,1-15H3. The third kappa shape index (κ3) is 12.0. The first-order valence-corrected chi connectivity index (χ1v) is 38.3. The number of rotatable bonds is 14. The lowest BCUT2D eigenvalue weighted by Crippen LogP contribution is -2.75. The summed E-state index contributed by atoms with van der Waals surface area (Å²) in [6, 6.07) is 3.42. The maximum absolute atomic E-state index is 7.30. The van der Waals surface area contributed by atoms with Crippen molar-refractivity contribution in [1.29, 1.82) is 0 Å². The van der Waals surface area contributed by atoms with Crippen LogP contribution in [-0.2, 0) is 45.6 Å². The van der Waals surface area contributed by atoms with Gasteiger partial charge in [0.15, 0.2) is 25.0 Å². The minimum Gasteiger partial charge on any atom is -0.435 e. The number of fused-ring (bicyclic) bond motifs is 2. The maximum Gasteiger partial charge on any atom is 0.482 e. The Balaban J connectivity index is 2.85. The minimum atomic E-state index is -3.65. The van der Waals surface area contributed by atoms with Gasteiger partial charge < -0.3 is 45.6 Å². The van der Waals surface area contributed by atoms with E-state index in [1.807, 2.05) is 13.8 Å². The molecule has 0 amide bonds. The van der Waals surface area contributed by atoms with Crippen molar-refractivity contribution in [2.75, 3.05) is 6.23 Å². The van der Waals surface area contributed by atoms with Gasteiger partial charge in [-0.25, -0.2) is 0 Å². The van der Waals surface area contributed by atoms with E-state index < -0.39 is 78.0 Å². The van der Waals surface area contributed by atoms with E-state index in [0.29, 0.717) is 36.5 Å². The fourth-order valence-electron chi connectivity index (χ4n) is 4.38. The molecule has 43 heavy (non-hydrogen) atoms. The Labute approximate surface area is 275 Å². The maximum atomic E-state index is 7.30. The lowest BCUT2D eigenvalue weighted by atomic mass is 11.0. The third-order valence-corrected chi connectivity index (χ3v) is 39.4. The summed E-state index contributed by atoms with van der Waals surface area (Å²) in [6.45, 7) is 31.7. The molecule has 253 valence electrons. The van der Waals surface area contributed by atoms with Gasteiger partial charge in [0.05, 0.1) is 6.23 Å². The van der Waals surface area contributed by atoms with Crippen molar-refractivity contribution in [2.24, 2.45) is 0 Å². The molecule has 0 saturated carbocycles. The minimum absolute atomic E-state index is 0.228. The molecule has 11 nitrogen and oxygen atoms in total. The Hall–Kier alpha value is 1.73. The van der Waals surface area contributed by atoms with Crippen LogP contribution >= 0.6 is 0 Å². The molecular weight excluding hydrogens is 721 g/mol. The summed E-state index contributed by atoms with van der Waals surface area (Å²) in [5.74, 6) is 0. The van der Waals surface area contributed by atoms with Gasteiger partial charge in [0, 0.05) is 30.2 Å². The Morgan fingerprint density at radius 1 is 0.581 bits per heavy atom. The number of hydrogen-bond acceptors (Lipinski definition) is 11. The van der Waals surface area contributed by atoms with Crippen LogP contribution in [0.1, 0.15) is 41.5 Å².